The summed E-state index contributed by atoms with van der Waals surface area (Å²) in [5.74, 6) is 0.912. The highest BCUT2D eigenvalue weighted by atomic mass is 16.5. The van der Waals surface area contributed by atoms with Crippen molar-refractivity contribution in [2.75, 3.05) is 19.8 Å². The van der Waals surface area contributed by atoms with Gasteiger partial charge in [0.25, 0.3) is 0 Å². The van der Waals surface area contributed by atoms with E-state index in [9.17, 15) is 0 Å². The number of fused-ring (bicyclic) bond motifs is 1. The average Bonchev–Trinajstić information content (AvgIpc) is 2.46. The molecule has 0 fully saturated rings. The Hall–Kier alpha value is -1.55. The van der Waals surface area contributed by atoms with E-state index in [-0.39, 0.29) is 0 Å². The molecule has 0 unspecified atom stereocenters. The molecule has 2 rings (SSSR count). The Labute approximate surface area is 114 Å². The second-order valence-corrected chi connectivity index (χ2v) is 4.58. The van der Waals surface area contributed by atoms with Gasteiger partial charge in [-0.05, 0) is 32.3 Å². The Morgan fingerprint density at radius 3 is 2.95 bits per heavy atom. The van der Waals surface area contributed by atoms with E-state index in [1.54, 1.807) is 0 Å². The van der Waals surface area contributed by atoms with Crippen LogP contribution in [0.2, 0.25) is 0 Å². The van der Waals surface area contributed by atoms with Crippen molar-refractivity contribution in [3.63, 3.8) is 0 Å². The van der Waals surface area contributed by atoms with Crippen LogP contribution in [-0.2, 0) is 11.2 Å². The van der Waals surface area contributed by atoms with Gasteiger partial charge in [-0.3, -0.25) is 0 Å². The van der Waals surface area contributed by atoms with Gasteiger partial charge in [-0.25, -0.2) is 0 Å². The Morgan fingerprint density at radius 2 is 2.16 bits per heavy atom. The van der Waals surface area contributed by atoms with Gasteiger partial charge in [-0.15, -0.1) is 0 Å². The molecule has 0 saturated carbocycles. The lowest BCUT2D eigenvalue weighted by Crippen LogP contribution is -2.14. The lowest BCUT2D eigenvalue weighted by Gasteiger charge is -2.20. The highest BCUT2D eigenvalue weighted by Crippen LogP contribution is 2.30. The third kappa shape index (κ3) is 3.47. The number of hydrogen-bond donors (Lipinski definition) is 1. The molecule has 0 aromatic heterocycles. The second kappa shape index (κ2) is 7.14. The van der Waals surface area contributed by atoms with Crippen LogP contribution in [0, 0.1) is 0 Å². The topological polar surface area (TPSA) is 51.0 Å². The van der Waals surface area contributed by atoms with Crippen LogP contribution in [0.15, 0.2) is 23.4 Å². The second-order valence-electron chi connectivity index (χ2n) is 4.58. The summed E-state index contributed by atoms with van der Waals surface area (Å²) in [6.45, 7) is 4.12. The van der Waals surface area contributed by atoms with Gasteiger partial charge in [0.2, 0.25) is 0 Å². The van der Waals surface area contributed by atoms with Crippen molar-refractivity contribution in [3.05, 3.63) is 29.3 Å². The molecule has 0 heterocycles. The molecule has 1 aliphatic rings. The maximum Gasteiger partial charge on any atom is 0.123 e. The van der Waals surface area contributed by atoms with E-state index >= 15 is 0 Å². The van der Waals surface area contributed by atoms with E-state index in [0.29, 0.717) is 6.61 Å². The average molecular weight is 263 g/mol. The largest absolute Gasteiger partial charge is 0.493 e. The van der Waals surface area contributed by atoms with E-state index in [1.165, 1.54) is 0 Å². The zero-order valence-electron chi connectivity index (χ0n) is 11.4. The van der Waals surface area contributed by atoms with Gasteiger partial charge in [0, 0.05) is 30.8 Å². The number of nitrogens with zero attached hydrogens (tertiary/aromatic N) is 1. The molecule has 0 saturated heterocycles. The number of ether oxygens (including phenoxy) is 2. The molecule has 0 amide bonds. The molecule has 0 radical (unpaired) electrons. The number of benzene rings is 1. The number of oxime groups is 1. The zero-order chi connectivity index (χ0) is 13.5. The minimum Gasteiger partial charge on any atom is -0.493 e. The predicted octanol–water partition coefficient (Wildman–Crippen LogP) is 3.01. The summed E-state index contributed by atoms with van der Waals surface area (Å²) in [5, 5.41) is 12.4. The van der Waals surface area contributed by atoms with E-state index in [2.05, 4.69) is 5.16 Å². The molecule has 1 aromatic rings. The molecule has 0 aliphatic heterocycles. The van der Waals surface area contributed by atoms with Crippen LogP contribution < -0.4 is 4.74 Å². The maximum absolute atomic E-state index is 9.03. The fraction of sp³-hybridized carbons (Fsp3) is 0.533. The zero-order valence-corrected chi connectivity index (χ0v) is 11.4. The minimum atomic E-state index is 0.655. The Kier molecular flexibility index (Phi) is 5.21. The van der Waals surface area contributed by atoms with Gasteiger partial charge in [-0.2, -0.15) is 0 Å². The lowest BCUT2D eigenvalue weighted by molar-refractivity contribution is 0.130. The highest BCUT2D eigenvalue weighted by molar-refractivity contribution is 6.02. The Morgan fingerprint density at radius 1 is 1.26 bits per heavy atom. The summed E-state index contributed by atoms with van der Waals surface area (Å²) in [5.41, 5.74) is 2.95. The smallest absolute Gasteiger partial charge is 0.123 e. The molecule has 0 bridgehead atoms. The van der Waals surface area contributed by atoms with E-state index in [1.807, 2.05) is 25.1 Å². The van der Waals surface area contributed by atoms with Crippen molar-refractivity contribution in [2.24, 2.45) is 5.16 Å². The quantitative estimate of drug-likeness (QED) is 0.487. The molecule has 0 atom stereocenters. The first kappa shape index (κ1) is 13.9. The molecule has 0 spiro atoms. The summed E-state index contributed by atoms with van der Waals surface area (Å²) in [7, 11) is 0. The first-order chi connectivity index (χ1) is 9.36. The van der Waals surface area contributed by atoms with Crippen LogP contribution in [0.3, 0.4) is 0 Å². The van der Waals surface area contributed by atoms with Crippen molar-refractivity contribution in [2.45, 2.75) is 32.6 Å². The summed E-state index contributed by atoms with van der Waals surface area (Å²) in [6.07, 6.45) is 3.71. The summed E-state index contributed by atoms with van der Waals surface area (Å²) in [6, 6.07) is 5.93. The predicted molar refractivity (Wildman–Crippen MR) is 74.3 cm³/mol. The van der Waals surface area contributed by atoms with Crippen LogP contribution in [0.25, 0.3) is 0 Å². The first-order valence-electron chi connectivity index (χ1n) is 6.90. The van der Waals surface area contributed by atoms with Gasteiger partial charge >= 0.3 is 0 Å². The van der Waals surface area contributed by atoms with Gasteiger partial charge in [0.15, 0.2) is 0 Å². The van der Waals surface area contributed by atoms with Gasteiger partial charge in [0.05, 0.1) is 12.3 Å². The van der Waals surface area contributed by atoms with Crippen LogP contribution >= 0.6 is 0 Å². The van der Waals surface area contributed by atoms with Crippen molar-refractivity contribution in [3.8, 4) is 5.75 Å². The normalized spacial score (nSPS) is 16.4. The van der Waals surface area contributed by atoms with Crippen LogP contribution in [-0.4, -0.2) is 30.7 Å². The van der Waals surface area contributed by atoms with Crippen LogP contribution in [0.4, 0.5) is 0 Å². The Bertz CT molecular complexity index is 443. The van der Waals surface area contributed by atoms with E-state index < -0.39 is 0 Å². The summed E-state index contributed by atoms with van der Waals surface area (Å²) >= 11 is 0. The minimum absolute atomic E-state index is 0.655. The van der Waals surface area contributed by atoms with Crippen LogP contribution in [0.1, 0.15) is 37.3 Å². The molecule has 4 nitrogen and oxygen atoms in total. The fourth-order valence-corrected chi connectivity index (χ4v) is 2.39. The lowest BCUT2D eigenvalue weighted by atomic mass is 9.89. The fourth-order valence-electron chi connectivity index (χ4n) is 2.39. The SMILES string of the molecule is CCOCCCOc1cccc2c1CCCC2=NO. The van der Waals surface area contributed by atoms with Crippen molar-refractivity contribution in [1.29, 1.82) is 0 Å². The molecule has 4 heteroatoms. The van der Waals surface area contributed by atoms with Crippen molar-refractivity contribution >= 4 is 5.71 Å². The summed E-state index contributed by atoms with van der Waals surface area (Å²) < 4.78 is 11.1. The third-order valence-corrected chi connectivity index (χ3v) is 3.30. The standard InChI is InChI=1S/C15H21NO3/c1-2-18-10-5-11-19-15-9-4-6-12-13(15)7-3-8-14(12)16-17/h4,6,9,17H,2-3,5,7-8,10-11H2,1H3. The molecule has 1 aromatic carbocycles. The van der Waals surface area contributed by atoms with E-state index in [4.69, 9.17) is 14.7 Å². The molecular weight excluding hydrogens is 242 g/mol. The molecule has 19 heavy (non-hydrogen) atoms. The van der Waals surface area contributed by atoms with Crippen molar-refractivity contribution < 1.29 is 14.7 Å². The first-order valence-corrected chi connectivity index (χ1v) is 6.90. The third-order valence-electron chi connectivity index (χ3n) is 3.30. The number of hydrogen-bond acceptors (Lipinski definition) is 4. The Balaban J connectivity index is 2.02. The molecule has 1 N–H and O–H groups in total. The van der Waals surface area contributed by atoms with Gasteiger partial charge in [0.1, 0.15) is 5.75 Å². The maximum atomic E-state index is 9.03. The monoisotopic (exact) mass is 263 g/mol. The van der Waals surface area contributed by atoms with Crippen molar-refractivity contribution in [1.82, 2.24) is 0 Å². The number of rotatable bonds is 6. The molecular formula is C15H21NO3. The van der Waals surface area contributed by atoms with E-state index in [0.717, 1.165) is 61.5 Å². The highest BCUT2D eigenvalue weighted by Gasteiger charge is 2.19. The van der Waals surface area contributed by atoms with Crippen LogP contribution in [0.5, 0.6) is 5.75 Å². The summed E-state index contributed by atoms with van der Waals surface area (Å²) in [4.78, 5) is 0. The molecule has 1 aliphatic carbocycles. The van der Waals surface area contributed by atoms with Gasteiger partial charge < -0.3 is 14.7 Å². The van der Waals surface area contributed by atoms with Gasteiger partial charge in [-0.1, -0.05) is 17.3 Å². The molecule has 104 valence electrons.